The number of carboxylic acid groups (broad SMARTS) is 1. The molecule has 126 valence electrons. The third kappa shape index (κ3) is 3.13. The quantitative estimate of drug-likeness (QED) is 0.831. The van der Waals surface area contributed by atoms with E-state index in [1.54, 1.807) is 12.1 Å². The van der Waals surface area contributed by atoms with Gasteiger partial charge < -0.3 is 5.11 Å². The number of nitrogens with zero attached hydrogens (tertiary/aromatic N) is 1. The van der Waals surface area contributed by atoms with Gasteiger partial charge in [0.2, 0.25) is 0 Å². The van der Waals surface area contributed by atoms with Gasteiger partial charge in [-0.3, -0.25) is 9.69 Å². The van der Waals surface area contributed by atoms with Gasteiger partial charge in [0.15, 0.2) is 0 Å². The second kappa shape index (κ2) is 6.81. The smallest absolute Gasteiger partial charge is 0.320 e. The second-order valence-electron chi connectivity index (χ2n) is 6.72. The number of thioether (sulfide) groups is 1. The van der Waals surface area contributed by atoms with E-state index in [2.05, 4.69) is 4.90 Å². The van der Waals surface area contributed by atoms with Gasteiger partial charge in [-0.1, -0.05) is 18.9 Å². The molecule has 1 saturated carbocycles. The summed E-state index contributed by atoms with van der Waals surface area (Å²) in [7, 11) is 0. The van der Waals surface area contributed by atoms with Crippen LogP contribution in [0.5, 0.6) is 0 Å². The molecule has 2 fully saturated rings. The van der Waals surface area contributed by atoms with Crippen molar-refractivity contribution >= 4 is 17.7 Å². The first kappa shape index (κ1) is 16.8. The van der Waals surface area contributed by atoms with Crippen LogP contribution in [0.25, 0.3) is 0 Å². The first-order valence-electron chi connectivity index (χ1n) is 8.36. The molecule has 1 aliphatic carbocycles. The lowest BCUT2D eigenvalue weighted by molar-refractivity contribution is -0.143. The maximum absolute atomic E-state index is 14.1. The van der Waals surface area contributed by atoms with Crippen LogP contribution in [-0.4, -0.2) is 34.3 Å². The summed E-state index contributed by atoms with van der Waals surface area (Å²) in [5.74, 6) is -0.483. The summed E-state index contributed by atoms with van der Waals surface area (Å²) in [6, 6.07) is 5.12. The number of rotatable bonds is 4. The lowest BCUT2D eigenvalue weighted by atomic mass is 9.84. The fourth-order valence-corrected chi connectivity index (χ4v) is 4.85. The SMILES string of the molecule is CSc1ccc(C(C)N2C(C(=O)O)CC3CCCCC32)cc1F. The lowest BCUT2D eigenvalue weighted by Crippen LogP contribution is -2.43. The van der Waals surface area contributed by atoms with Crippen LogP contribution in [0.1, 0.15) is 50.6 Å². The molecule has 0 amide bonds. The molecule has 0 aromatic heterocycles. The Morgan fingerprint density at radius 2 is 2.13 bits per heavy atom. The van der Waals surface area contributed by atoms with Crippen LogP contribution in [0.4, 0.5) is 4.39 Å². The van der Waals surface area contributed by atoms with E-state index in [4.69, 9.17) is 0 Å². The van der Waals surface area contributed by atoms with Gasteiger partial charge in [-0.15, -0.1) is 11.8 Å². The van der Waals surface area contributed by atoms with E-state index in [0.29, 0.717) is 16.9 Å². The predicted molar refractivity (Wildman–Crippen MR) is 90.2 cm³/mol. The fraction of sp³-hybridized carbons (Fsp3) is 0.611. The zero-order valence-corrected chi connectivity index (χ0v) is 14.5. The van der Waals surface area contributed by atoms with E-state index < -0.39 is 12.0 Å². The van der Waals surface area contributed by atoms with Crippen molar-refractivity contribution in [1.82, 2.24) is 4.90 Å². The van der Waals surface area contributed by atoms with Crippen LogP contribution in [0, 0.1) is 11.7 Å². The van der Waals surface area contributed by atoms with Gasteiger partial charge in [-0.2, -0.15) is 0 Å². The van der Waals surface area contributed by atoms with Crippen molar-refractivity contribution < 1.29 is 14.3 Å². The second-order valence-corrected chi connectivity index (χ2v) is 7.57. The molecule has 3 nitrogen and oxygen atoms in total. The number of halogens is 1. The van der Waals surface area contributed by atoms with Crippen molar-refractivity contribution in [2.24, 2.45) is 5.92 Å². The third-order valence-electron chi connectivity index (χ3n) is 5.53. The minimum absolute atomic E-state index is 0.0744. The summed E-state index contributed by atoms with van der Waals surface area (Å²) in [5.41, 5.74) is 0.873. The molecule has 5 heteroatoms. The standard InChI is InChI=1S/C18H24FNO2S/c1-11(12-7-8-17(23-2)14(19)9-12)20-15-6-4-3-5-13(15)10-16(20)18(21)22/h7-9,11,13,15-16H,3-6,10H2,1-2H3,(H,21,22). The average molecular weight is 337 g/mol. The van der Waals surface area contributed by atoms with Crippen molar-refractivity contribution in [2.45, 2.75) is 62.0 Å². The fourth-order valence-electron chi connectivity index (χ4n) is 4.40. The van der Waals surface area contributed by atoms with Crippen LogP contribution in [0.3, 0.4) is 0 Å². The molecule has 3 rings (SSSR count). The molecule has 0 spiro atoms. The van der Waals surface area contributed by atoms with E-state index in [-0.39, 0.29) is 11.9 Å². The summed E-state index contributed by atoms with van der Waals surface area (Å²) in [4.78, 5) is 14.5. The maximum Gasteiger partial charge on any atom is 0.320 e. The van der Waals surface area contributed by atoms with Crippen molar-refractivity contribution in [3.8, 4) is 0 Å². The van der Waals surface area contributed by atoms with E-state index in [0.717, 1.165) is 31.2 Å². The van der Waals surface area contributed by atoms with Crippen molar-refractivity contribution in [2.75, 3.05) is 6.26 Å². The molecule has 2 aliphatic rings. The van der Waals surface area contributed by atoms with Crippen LogP contribution in [0.2, 0.25) is 0 Å². The largest absolute Gasteiger partial charge is 0.480 e. The first-order valence-corrected chi connectivity index (χ1v) is 9.59. The third-order valence-corrected chi connectivity index (χ3v) is 6.30. The molecule has 0 radical (unpaired) electrons. The summed E-state index contributed by atoms with van der Waals surface area (Å²) < 4.78 is 14.1. The van der Waals surface area contributed by atoms with E-state index >= 15 is 0 Å². The summed E-state index contributed by atoms with van der Waals surface area (Å²) in [5, 5.41) is 9.64. The normalized spacial score (nSPS) is 29.3. The molecule has 4 atom stereocenters. The van der Waals surface area contributed by atoms with E-state index in [1.807, 2.05) is 19.2 Å². The Labute approximate surface area is 141 Å². The number of carbonyl (C=O) groups is 1. The highest BCUT2D eigenvalue weighted by Crippen LogP contribution is 2.44. The van der Waals surface area contributed by atoms with Gasteiger partial charge in [-0.05, 0) is 56.1 Å². The van der Waals surface area contributed by atoms with Crippen molar-refractivity contribution in [3.05, 3.63) is 29.6 Å². The van der Waals surface area contributed by atoms with Crippen molar-refractivity contribution in [1.29, 1.82) is 0 Å². The minimum atomic E-state index is -0.743. The molecule has 0 bridgehead atoms. The molecule has 1 heterocycles. The van der Waals surface area contributed by atoms with Crippen molar-refractivity contribution in [3.63, 3.8) is 0 Å². The highest BCUT2D eigenvalue weighted by molar-refractivity contribution is 7.98. The minimum Gasteiger partial charge on any atom is -0.480 e. The van der Waals surface area contributed by atoms with Crippen LogP contribution in [-0.2, 0) is 4.79 Å². The van der Waals surface area contributed by atoms with Gasteiger partial charge in [0.1, 0.15) is 11.9 Å². The Bertz CT molecular complexity index is 594. The highest BCUT2D eigenvalue weighted by Gasteiger charge is 2.47. The molecule has 1 aromatic rings. The molecular weight excluding hydrogens is 313 g/mol. The molecular formula is C18H24FNO2S. The number of hydrogen-bond donors (Lipinski definition) is 1. The topological polar surface area (TPSA) is 40.5 Å². The first-order chi connectivity index (χ1) is 11.0. The summed E-state index contributed by atoms with van der Waals surface area (Å²) in [6.45, 7) is 2.01. The molecule has 1 aliphatic heterocycles. The van der Waals surface area contributed by atoms with Crippen LogP contribution in [0.15, 0.2) is 23.1 Å². The molecule has 1 N–H and O–H groups in total. The lowest BCUT2D eigenvalue weighted by Gasteiger charge is -2.37. The highest BCUT2D eigenvalue weighted by atomic mass is 32.2. The Morgan fingerprint density at radius 3 is 2.78 bits per heavy atom. The average Bonchev–Trinajstić information content (AvgIpc) is 2.93. The molecule has 23 heavy (non-hydrogen) atoms. The summed E-state index contributed by atoms with van der Waals surface area (Å²) in [6.07, 6.45) is 7.13. The number of hydrogen-bond acceptors (Lipinski definition) is 3. The number of fused-ring (bicyclic) bond motifs is 1. The number of benzene rings is 1. The van der Waals surface area contributed by atoms with Gasteiger partial charge in [0.05, 0.1) is 0 Å². The van der Waals surface area contributed by atoms with E-state index in [1.165, 1.54) is 18.2 Å². The van der Waals surface area contributed by atoms with E-state index in [9.17, 15) is 14.3 Å². The van der Waals surface area contributed by atoms with Crippen LogP contribution < -0.4 is 0 Å². The predicted octanol–water partition coefficient (Wildman–Crippen LogP) is 4.33. The number of carboxylic acids is 1. The van der Waals surface area contributed by atoms with Gasteiger partial charge in [0, 0.05) is 17.0 Å². The maximum atomic E-state index is 14.1. The van der Waals surface area contributed by atoms with Gasteiger partial charge in [-0.25, -0.2) is 4.39 Å². The molecule has 1 aromatic carbocycles. The van der Waals surface area contributed by atoms with Gasteiger partial charge in [0.25, 0.3) is 0 Å². The van der Waals surface area contributed by atoms with Gasteiger partial charge >= 0.3 is 5.97 Å². The monoisotopic (exact) mass is 337 g/mol. The Morgan fingerprint density at radius 1 is 1.39 bits per heavy atom. The summed E-state index contributed by atoms with van der Waals surface area (Å²) >= 11 is 1.39. The zero-order valence-electron chi connectivity index (χ0n) is 13.7. The molecule has 4 unspecified atom stereocenters. The Kier molecular flexibility index (Phi) is 4.97. The Hall–Kier alpha value is -1.07. The number of aliphatic carboxylic acids is 1. The zero-order chi connectivity index (χ0) is 16.6. The molecule has 1 saturated heterocycles. The Balaban J connectivity index is 1.90. The van der Waals surface area contributed by atoms with Crippen LogP contribution >= 0.6 is 11.8 Å². The number of likely N-dealkylation sites (tertiary alicyclic amines) is 1.